The van der Waals surface area contributed by atoms with Gasteiger partial charge in [-0.15, -0.1) is 0 Å². The Balaban J connectivity index is 2.50. The smallest absolute Gasteiger partial charge is 0.0741 e. The zero-order valence-corrected chi connectivity index (χ0v) is 5.61. The van der Waals surface area contributed by atoms with Crippen molar-refractivity contribution in [1.29, 1.82) is 0 Å². The maximum Gasteiger partial charge on any atom is 0.0741 e. The van der Waals surface area contributed by atoms with Crippen LogP contribution >= 0.6 is 11.6 Å². The van der Waals surface area contributed by atoms with Gasteiger partial charge >= 0.3 is 0 Å². The van der Waals surface area contributed by atoms with Gasteiger partial charge in [-0.05, 0) is 13.0 Å². The van der Waals surface area contributed by atoms with Crippen LogP contribution in [0.4, 0.5) is 0 Å². The highest BCUT2D eigenvalue weighted by atomic mass is 35.5. The summed E-state index contributed by atoms with van der Waals surface area (Å²) < 4.78 is 5.19. The van der Waals surface area contributed by atoms with E-state index in [4.69, 9.17) is 16.3 Å². The normalized spacial score (nSPS) is 29.8. The SMILES string of the molecule is CC1C=C(Cl)CCO1. The molecule has 1 rings (SSSR count). The van der Waals surface area contributed by atoms with Gasteiger partial charge in [0.15, 0.2) is 0 Å². The zero-order valence-electron chi connectivity index (χ0n) is 4.86. The molecule has 8 heavy (non-hydrogen) atoms. The summed E-state index contributed by atoms with van der Waals surface area (Å²) in [7, 11) is 0. The molecule has 1 nitrogen and oxygen atoms in total. The molecular formula is C6H9ClO. The van der Waals surface area contributed by atoms with Crippen molar-refractivity contribution in [3.63, 3.8) is 0 Å². The van der Waals surface area contributed by atoms with Gasteiger partial charge in [-0.25, -0.2) is 0 Å². The summed E-state index contributed by atoms with van der Waals surface area (Å²) in [6, 6.07) is 0. The summed E-state index contributed by atoms with van der Waals surface area (Å²) in [6.45, 7) is 2.76. The summed E-state index contributed by atoms with van der Waals surface area (Å²) in [4.78, 5) is 0. The minimum absolute atomic E-state index is 0.219. The molecule has 1 aliphatic heterocycles. The Kier molecular flexibility index (Phi) is 1.92. The first kappa shape index (κ1) is 6.12. The molecule has 0 aliphatic carbocycles. The van der Waals surface area contributed by atoms with E-state index >= 15 is 0 Å². The van der Waals surface area contributed by atoms with Crippen LogP contribution in [0.15, 0.2) is 11.1 Å². The van der Waals surface area contributed by atoms with Gasteiger partial charge in [0.1, 0.15) is 0 Å². The molecule has 1 atom stereocenters. The van der Waals surface area contributed by atoms with Crippen molar-refractivity contribution < 1.29 is 4.74 Å². The van der Waals surface area contributed by atoms with Crippen LogP contribution in [0.2, 0.25) is 0 Å². The average molecular weight is 133 g/mol. The molecule has 0 radical (unpaired) electrons. The van der Waals surface area contributed by atoms with Crippen LogP contribution in [0.3, 0.4) is 0 Å². The molecule has 1 aliphatic rings. The van der Waals surface area contributed by atoms with Gasteiger partial charge in [0.05, 0.1) is 12.7 Å². The van der Waals surface area contributed by atoms with Crippen molar-refractivity contribution in [1.82, 2.24) is 0 Å². The van der Waals surface area contributed by atoms with E-state index in [2.05, 4.69) is 0 Å². The Labute approximate surface area is 54.3 Å². The Morgan fingerprint density at radius 1 is 1.88 bits per heavy atom. The number of ether oxygens (including phenoxy) is 1. The van der Waals surface area contributed by atoms with Crippen LogP contribution in [-0.4, -0.2) is 12.7 Å². The van der Waals surface area contributed by atoms with E-state index in [9.17, 15) is 0 Å². The molecule has 0 saturated heterocycles. The highest BCUT2D eigenvalue weighted by Gasteiger charge is 2.05. The first-order valence-corrected chi connectivity index (χ1v) is 3.14. The lowest BCUT2D eigenvalue weighted by Crippen LogP contribution is -2.11. The van der Waals surface area contributed by atoms with Crippen LogP contribution in [0.1, 0.15) is 13.3 Å². The number of rotatable bonds is 0. The minimum atomic E-state index is 0.219. The van der Waals surface area contributed by atoms with Crippen LogP contribution in [0.25, 0.3) is 0 Å². The Bertz CT molecular complexity index is 109. The summed E-state index contributed by atoms with van der Waals surface area (Å²) in [5.41, 5.74) is 0. The third-order valence-electron chi connectivity index (χ3n) is 1.14. The summed E-state index contributed by atoms with van der Waals surface area (Å²) in [6.07, 6.45) is 3.04. The predicted molar refractivity (Wildman–Crippen MR) is 34.0 cm³/mol. The number of hydrogen-bond donors (Lipinski definition) is 0. The molecule has 0 spiro atoms. The maximum atomic E-state index is 5.69. The van der Waals surface area contributed by atoms with E-state index in [1.54, 1.807) is 0 Å². The molecule has 0 saturated carbocycles. The van der Waals surface area contributed by atoms with Crippen molar-refractivity contribution in [2.24, 2.45) is 0 Å². The second-order valence-corrected chi connectivity index (χ2v) is 2.42. The fraction of sp³-hybridized carbons (Fsp3) is 0.667. The summed E-state index contributed by atoms with van der Waals surface area (Å²) in [5.74, 6) is 0. The fourth-order valence-corrected chi connectivity index (χ4v) is 0.983. The van der Waals surface area contributed by atoms with Crippen molar-refractivity contribution in [2.45, 2.75) is 19.4 Å². The minimum Gasteiger partial charge on any atom is -0.374 e. The lowest BCUT2D eigenvalue weighted by Gasteiger charge is -2.14. The van der Waals surface area contributed by atoms with Gasteiger partial charge in [0.25, 0.3) is 0 Å². The van der Waals surface area contributed by atoms with Crippen molar-refractivity contribution in [3.05, 3.63) is 11.1 Å². The van der Waals surface area contributed by atoms with Gasteiger partial charge in [0.2, 0.25) is 0 Å². The zero-order chi connectivity index (χ0) is 5.98. The van der Waals surface area contributed by atoms with Crippen LogP contribution < -0.4 is 0 Å². The second kappa shape index (κ2) is 2.51. The highest BCUT2D eigenvalue weighted by molar-refractivity contribution is 6.29. The van der Waals surface area contributed by atoms with Gasteiger partial charge in [0, 0.05) is 11.5 Å². The monoisotopic (exact) mass is 132 g/mol. The Hall–Kier alpha value is -0.0100. The third-order valence-corrected chi connectivity index (χ3v) is 1.45. The Morgan fingerprint density at radius 3 is 3.00 bits per heavy atom. The average Bonchev–Trinajstić information content (AvgIpc) is 1.64. The largest absolute Gasteiger partial charge is 0.374 e. The van der Waals surface area contributed by atoms with E-state index in [1.165, 1.54) is 0 Å². The van der Waals surface area contributed by atoms with Gasteiger partial charge in [-0.2, -0.15) is 0 Å². The van der Waals surface area contributed by atoms with E-state index in [0.717, 1.165) is 18.1 Å². The molecule has 0 N–H and O–H groups in total. The van der Waals surface area contributed by atoms with Crippen LogP contribution in [-0.2, 0) is 4.74 Å². The standard InChI is InChI=1S/C6H9ClO/c1-5-4-6(7)2-3-8-5/h4-5H,2-3H2,1H3. The first-order valence-electron chi connectivity index (χ1n) is 2.77. The fourth-order valence-electron chi connectivity index (χ4n) is 0.728. The summed E-state index contributed by atoms with van der Waals surface area (Å²) in [5, 5.41) is 0.934. The molecular weight excluding hydrogens is 124 g/mol. The van der Waals surface area contributed by atoms with E-state index in [0.29, 0.717) is 0 Å². The van der Waals surface area contributed by atoms with E-state index in [1.807, 2.05) is 13.0 Å². The number of halogens is 1. The van der Waals surface area contributed by atoms with Gasteiger partial charge in [-0.3, -0.25) is 0 Å². The van der Waals surface area contributed by atoms with E-state index in [-0.39, 0.29) is 6.10 Å². The van der Waals surface area contributed by atoms with Gasteiger partial charge < -0.3 is 4.74 Å². The van der Waals surface area contributed by atoms with Crippen molar-refractivity contribution in [2.75, 3.05) is 6.61 Å². The predicted octanol–water partition coefficient (Wildman–Crippen LogP) is 1.92. The second-order valence-electron chi connectivity index (χ2n) is 1.94. The molecule has 0 aromatic heterocycles. The molecule has 0 fully saturated rings. The van der Waals surface area contributed by atoms with Crippen LogP contribution in [0.5, 0.6) is 0 Å². The van der Waals surface area contributed by atoms with Gasteiger partial charge in [-0.1, -0.05) is 11.6 Å². The molecule has 0 bridgehead atoms. The number of hydrogen-bond acceptors (Lipinski definition) is 1. The molecule has 46 valence electrons. The molecule has 2 heteroatoms. The Morgan fingerprint density at radius 2 is 2.62 bits per heavy atom. The van der Waals surface area contributed by atoms with Crippen LogP contribution in [0, 0.1) is 0 Å². The molecule has 0 aromatic rings. The third kappa shape index (κ3) is 1.49. The first-order chi connectivity index (χ1) is 3.79. The molecule has 1 heterocycles. The van der Waals surface area contributed by atoms with Crippen molar-refractivity contribution in [3.8, 4) is 0 Å². The highest BCUT2D eigenvalue weighted by Crippen LogP contribution is 2.15. The molecule has 1 unspecified atom stereocenters. The maximum absolute atomic E-state index is 5.69. The van der Waals surface area contributed by atoms with E-state index < -0.39 is 0 Å². The quantitative estimate of drug-likeness (QED) is 0.489. The lowest BCUT2D eigenvalue weighted by atomic mass is 10.2. The topological polar surface area (TPSA) is 9.23 Å². The van der Waals surface area contributed by atoms with Crippen molar-refractivity contribution >= 4 is 11.6 Å². The lowest BCUT2D eigenvalue weighted by molar-refractivity contribution is 0.0912. The molecule has 0 aromatic carbocycles. The summed E-state index contributed by atoms with van der Waals surface area (Å²) >= 11 is 5.69. The molecule has 0 amide bonds.